The van der Waals surface area contributed by atoms with E-state index in [1.165, 1.54) is 42.6 Å². The van der Waals surface area contributed by atoms with Gasteiger partial charge in [0.2, 0.25) is 0 Å². The molecule has 0 aliphatic heterocycles. The van der Waals surface area contributed by atoms with Crippen LogP contribution >= 0.6 is 34.8 Å². The fourth-order valence-electron chi connectivity index (χ4n) is 2.48. The SMILES string of the molecule is Cn1ccnc1C(O)c1cc(Cl)ccc1NS(=O)(=O)c1ccc(Cl)c(Cl)c1. The molecule has 0 amide bonds. The van der Waals surface area contributed by atoms with Crippen molar-refractivity contribution in [3.63, 3.8) is 0 Å². The molecule has 1 aromatic heterocycles. The first-order valence-corrected chi connectivity index (χ1v) is 10.2. The second-order valence-corrected chi connectivity index (χ2v) is 8.65. The molecule has 2 aromatic carbocycles. The minimum Gasteiger partial charge on any atom is -0.380 e. The first kappa shape index (κ1) is 20.0. The number of aryl methyl sites for hydroxylation is 1. The van der Waals surface area contributed by atoms with Crippen LogP contribution in [0.15, 0.2) is 53.7 Å². The fraction of sp³-hybridized carbons (Fsp3) is 0.118. The van der Waals surface area contributed by atoms with Gasteiger partial charge < -0.3 is 9.67 Å². The highest BCUT2D eigenvalue weighted by Crippen LogP contribution is 2.32. The number of aliphatic hydroxyl groups excluding tert-OH is 1. The zero-order valence-corrected chi connectivity index (χ0v) is 17.0. The lowest BCUT2D eigenvalue weighted by Crippen LogP contribution is -2.16. The predicted octanol–water partition coefficient (Wildman–Crippen LogP) is 4.26. The van der Waals surface area contributed by atoms with Crippen LogP contribution in [0.3, 0.4) is 0 Å². The molecule has 10 heteroatoms. The summed E-state index contributed by atoms with van der Waals surface area (Å²) in [7, 11) is -2.26. The number of benzene rings is 2. The normalized spacial score (nSPS) is 12.8. The van der Waals surface area contributed by atoms with Crippen molar-refractivity contribution in [3.8, 4) is 0 Å². The molecule has 0 radical (unpaired) electrons. The Balaban J connectivity index is 2.02. The van der Waals surface area contributed by atoms with Gasteiger partial charge in [-0.05, 0) is 36.4 Å². The molecule has 2 N–H and O–H groups in total. The molecule has 0 saturated heterocycles. The number of halogens is 3. The van der Waals surface area contributed by atoms with Crippen molar-refractivity contribution in [3.05, 3.63) is 75.2 Å². The van der Waals surface area contributed by atoms with Crippen LogP contribution in [0.25, 0.3) is 0 Å². The van der Waals surface area contributed by atoms with Gasteiger partial charge in [-0.2, -0.15) is 0 Å². The monoisotopic (exact) mass is 445 g/mol. The molecular weight excluding hydrogens is 433 g/mol. The molecule has 142 valence electrons. The third-order valence-corrected chi connectivity index (χ3v) is 6.19. The maximum atomic E-state index is 12.7. The number of imidazole rings is 1. The Morgan fingerprint density at radius 1 is 1.11 bits per heavy atom. The zero-order valence-electron chi connectivity index (χ0n) is 13.9. The molecule has 6 nitrogen and oxygen atoms in total. The van der Waals surface area contributed by atoms with Crippen LogP contribution in [0.5, 0.6) is 0 Å². The number of rotatable bonds is 5. The van der Waals surface area contributed by atoms with Crippen LogP contribution in [-0.2, 0) is 17.1 Å². The van der Waals surface area contributed by atoms with E-state index in [1.807, 2.05) is 0 Å². The van der Waals surface area contributed by atoms with Gasteiger partial charge in [0.25, 0.3) is 10.0 Å². The maximum Gasteiger partial charge on any atom is 0.261 e. The molecule has 0 fully saturated rings. The van der Waals surface area contributed by atoms with Crippen molar-refractivity contribution in [2.75, 3.05) is 4.72 Å². The average Bonchev–Trinajstić information content (AvgIpc) is 3.04. The summed E-state index contributed by atoms with van der Waals surface area (Å²) >= 11 is 17.8. The van der Waals surface area contributed by atoms with Crippen LogP contribution < -0.4 is 4.72 Å². The number of sulfonamides is 1. The van der Waals surface area contributed by atoms with Crippen molar-refractivity contribution < 1.29 is 13.5 Å². The van der Waals surface area contributed by atoms with E-state index in [4.69, 9.17) is 34.8 Å². The third kappa shape index (κ3) is 4.23. The summed E-state index contributed by atoms with van der Waals surface area (Å²) in [5.74, 6) is 0.340. The number of aliphatic hydroxyl groups is 1. The smallest absolute Gasteiger partial charge is 0.261 e. The first-order valence-electron chi connectivity index (χ1n) is 7.61. The molecule has 3 aromatic rings. The second-order valence-electron chi connectivity index (χ2n) is 5.71. The lowest BCUT2D eigenvalue weighted by molar-refractivity contribution is 0.207. The molecule has 1 unspecified atom stereocenters. The molecule has 3 rings (SSSR count). The number of nitrogens with zero attached hydrogens (tertiary/aromatic N) is 2. The summed E-state index contributed by atoms with van der Waals surface area (Å²) < 4.78 is 29.5. The minimum absolute atomic E-state index is 0.0655. The van der Waals surface area contributed by atoms with Gasteiger partial charge in [-0.1, -0.05) is 34.8 Å². The Hall–Kier alpha value is -1.77. The molecule has 0 aliphatic rings. The third-order valence-electron chi connectivity index (χ3n) is 3.86. The van der Waals surface area contributed by atoms with Crippen molar-refractivity contribution in [1.82, 2.24) is 9.55 Å². The Bertz CT molecular complexity index is 1100. The zero-order chi connectivity index (χ0) is 19.8. The highest BCUT2D eigenvalue weighted by molar-refractivity contribution is 7.92. The van der Waals surface area contributed by atoms with Gasteiger partial charge in [0.05, 0.1) is 20.6 Å². The van der Waals surface area contributed by atoms with Crippen molar-refractivity contribution >= 4 is 50.5 Å². The molecule has 1 atom stereocenters. The minimum atomic E-state index is -3.97. The number of aromatic nitrogens is 2. The summed E-state index contributed by atoms with van der Waals surface area (Å²) in [6.45, 7) is 0. The Morgan fingerprint density at radius 2 is 1.85 bits per heavy atom. The van der Waals surface area contributed by atoms with Crippen molar-refractivity contribution in [2.45, 2.75) is 11.0 Å². The largest absolute Gasteiger partial charge is 0.380 e. The summed E-state index contributed by atoms with van der Waals surface area (Å²) in [6, 6.07) is 8.44. The predicted molar refractivity (Wildman–Crippen MR) is 106 cm³/mol. The highest BCUT2D eigenvalue weighted by Gasteiger charge is 2.23. The Kier molecular flexibility index (Phi) is 5.69. The van der Waals surface area contributed by atoms with E-state index >= 15 is 0 Å². The van der Waals surface area contributed by atoms with Crippen LogP contribution in [-0.4, -0.2) is 23.1 Å². The Labute approximate surface area is 171 Å². The molecule has 1 heterocycles. The summed E-state index contributed by atoms with van der Waals surface area (Å²) in [4.78, 5) is 4.03. The second kappa shape index (κ2) is 7.69. The maximum absolute atomic E-state index is 12.7. The highest BCUT2D eigenvalue weighted by atomic mass is 35.5. The molecule has 0 saturated carbocycles. The van der Waals surface area contributed by atoms with E-state index in [-0.39, 0.29) is 26.2 Å². The lowest BCUT2D eigenvalue weighted by atomic mass is 10.1. The van der Waals surface area contributed by atoms with Crippen LogP contribution in [0.2, 0.25) is 15.1 Å². The fourth-order valence-corrected chi connectivity index (χ4v) is 4.14. The van der Waals surface area contributed by atoms with E-state index in [1.54, 1.807) is 17.8 Å². The van der Waals surface area contributed by atoms with Gasteiger partial charge >= 0.3 is 0 Å². The number of anilines is 1. The van der Waals surface area contributed by atoms with E-state index in [0.717, 1.165) is 0 Å². The summed E-state index contributed by atoms with van der Waals surface area (Å²) in [6.07, 6.45) is 2.01. The van der Waals surface area contributed by atoms with Crippen LogP contribution in [0.4, 0.5) is 5.69 Å². The molecular formula is C17H14Cl3N3O3S. The molecule has 0 bridgehead atoms. The standard InChI is InChI=1S/C17H14Cl3N3O3S/c1-23-7-6-21-17(23)16(24)12-8-10(18)2-5-15(12)22-27(25,26)11-3-4-13(19)14(20)9-11/h2-9,16,22,24H,1H3. The summed E-state index contributed by atoms with van der Waals surface area (Å²) in [5.41, 5.74) is 0.432. The van der Waals surface area contributed by atoms with Gasteiger partial charge in [0, 0.05) is 30.0 Å². The van der Waals surface area contributed by atoms with E-state index in [9.17, 15) is 13.5 Å². The Morgan fingerprint density at radius 3 is 2.48 bits per heavy atom. The van der Waals surface area contributed by atoms with Gasteiger partial charge in [-0.25, -0.2) is 13.4 Å². The molecule has 0 spiro atoms. The molecule has 0 aliphatic carbocycles. The summed E-state index contributed by atoms with van der Waals surface area (Å²) in [5, 5.41) is 11.4. The van der Waals surface area contributed by atoms with E-state index in [0.29, 0.717) is 10.8 Å². The molecule has 27 heavy (non-hydrogen) atoms. The van der Waals surface area contributed by atoms with Gasteiger partial charge in [0.15, 0.2) is 0 Å². The topological polar surface area (TPSA) is 84.2 Å². The quantitative estimate of drug-likeness (QED) is 0.613. The van der Waals surface area contributed by atoms with Gasteiger partial charge in [0.1, 0.15) is 11.9 Å². The number of hydrogen-bond donors (Lipinski definition) is 2. The number of nitrogens with one attached hydrogen (secondary N) is 1. The first-order chi connectivity index (χ1) is 12.7. The van der Waals surface area contributed by atoms with Crippen molar-refractivity contribution in [1.29, 1.82) is 0 Å². The number of hydrogen-bond acceptors (Lipinski definition) is 4. The van der Waals surface area contributed by atoms with Crippen molar-refractivity contribution in [2.24, 2.45) is 7.05 Å². The lowest BCUT2D eigenvalue weighted by Gasteiger charge is -2.17. The van der Waals surface area contributed by atoms with Gasteiger partial charge in [-0.15, -0.1) is 0 Å². The van der Waals surface area contributed by atoms with E-state index in [2.05, 4.69) is 9.71 Å². The van der Waals surface area contributed by atoms with Crippen LogP contribution in [0, 0.1) is 0 Å². The average molecular weight is 447 g/mol. The van der Waals surface area contributed by atoms with Crippen LogP contribution in [0.1, 0.15) is 17.5 Å². The van der Waals surface area contributed by atoms with E-state index < -0.39 is 16.1 Å². The van der Waals surface area contributed by atoms with Gasteiger partial charge in [-0.3, -0.25) is 4.72 Å².